The molecule has 0 aliphatic heterocycles. The number of pyridine rings is 1. The lowest BCUT2D eigenvalue weighted by atomic mass is 10.2. The van der Waals surface area contributed by atoms with Crippen LogP contribution in [0.3, 0.4) is 0 Å². The second-order valence-electron chi connectivity index (χ2n) is 4.25. The molecule has 0 aliphatic rings. The zero-order valence-electron chi connectivity index (χ0n) is 10.2. The van der Waals surface area contributed by atoms with E-state index in [-0.39, 0.29) is 11.6 Å². The Labute approximate surface area is 110 Å². The summed E-state index contributed by atoms with van der Waals surface area (Å²) in [6.07, 6.45) is 4.53. The van der Waals surface area contributed by atoms with Crippen LogP contribution in [-0.2, 0) is 6.54 Å². The second kappa shape index (κ2) is 5.46. The van der Waals surface area contributed by atoms with Crippen LogP contribution in [0.2, 0.25) is 5.02 Å². The SMILES string of the molecule is CC(C)NCc1ccnc(-n2cc(Cl)cn2)c1F. The molecule has 18 heavy (non-hydrogen) atoms. The van der Waals surface area contributed by atoms with Crippen LogP contribution in [0.25, 0.3) is 5.82 Å². The van der Waals surface area contributed by atoms with E-state index in [0.717, 1.165) is 0 Å². The van der Waals surface area contributed by atoms with E-state index in [9.17, 15) is 4.39 Å². The van der Waals surface area contributed by atoms with Crippen molar-refractivity contribution >= 4 is 11.6 Å². The van der Waals surface area contributed by atoms with Crippen molar-refractivity contribution in [2.24, 2.45) is 0 Å². The van der Waals surface area contributed by atoms with Gasteiger partial charge in [0, 0.05) is 24.3 Å². The Kier molecular flexibility index (Phi) is 3.93. The predicted molar refractivity (Wildman–Crippen MR) is 68.3 cm³/mol. The molecule has 4 nitrogen and oxygen atoms in total. The molecule has 0 bridgehead atoms. The van der Waals surface area contributed by atoms with E-state index in [1.807, 2.05) is 13.8 Å². The zero-order valence-corrected chi connectivity index (χ0v) is 10.9. The van der Waals surface area contributed by atoms with E-state index in [4.69, 9.17) is 11.6 Å². The molecule has 0 aromatic carbocycles. The van der Waals surface area contributed by atoms with Gasteiger partial charge in [0.1, 0.15) is 0 Å². The first-order valence-corrected chi connectivity index (χ1v) is 6.03. The standard InChI is InChI=1S/C12H14ClFN4/c1-8(2)16-5-9-3-4-15-12(11(9)14)18-7-10(13)6-17-18/h3-4,6-8,16H,5H2,1-2H3. The van der Waals surface area contributed by atoms with Crippen molar-refractivity contribution in [1.82, 2.24) is 20.1 Å². The van der Waals surface area contributed by atoms with Gasteiger partial charge >= 0.3 is 0 Å². The Hall–Kier alpha value is -1.46. The van der Waals surface area contributed by atoms with Gasteiger partial charge in [0.15, 0.2) is 11.6 Å². The van der Waals surface area contributed by atoms with Gasteiger partial charge in [-0.1, -0.05) is 25.4 Å². The Morgan fingerprint density at radius 3 is 2.89 bits per heavy atom. The molecule has 1 N–H and O–H groups in total. The quantitative estimate of drug-likeness (QED) is 0.927. The van der Waals surface area contributed by atoms with Crippen LogP contribution in [0.4, 0.5) is 4.39 Å². The minimum absolute atomic E-state index is 0.157. The lowest BCUT2D eigenvalue weighted by Crippen LogP contribution is -2.23. The summed E-state index contributed by atoms with van der Waals surface area (Å²) < 4.78 is 15.5. The number of rotatable bonds is 4. The largest absolute Gasteiger partial charge is 0.310 e. The molecule has 2 aromatic heterocycles. The van der Waals surface area contributed by atoms with Crippen molar-refractivity contribution in [3.63, 3.8) is 0 Å². The van der Waals surface area contributed by atoms with E-state index in [2.05, 4.69) is 15.4 Å². The van der Waals surface area contributed by atoms with Gasteiger partial charge in [0.25, 0.3) is 0 Å². The summed E-state index contributed by atoms with van der Waals surface area (Å²) in [5.74, 6) is -0.227. The molecule has 0 aliphatic carbocycles. The van der Waals surface area contributed by atoms with Crippen LogP contribution in [0, 0.1) is 5.82 Å². The normalized spacial score (nSPS) is 11.2. The van der Waals surface area contributed by atoms with Gasteiger partial charge in [0.05, 0.1) is 17.4 Å². The fourth-order valence-corrected chi connectivity index (χ4v) is 1.63. The van der Waals surface area contributed by atoms with Gasteiger partial charge in [-0.15, -0.1) is 0 Å². The third-order valence-corrected chi connectivity index (χ3v) is 2.61. The molecular weight excluding hydrogens is 255 g/mol. The Bertz CT molecular complexity index is 539. The maximum Gasteiger partial charge on any atom is 0.190 e. The van der Waals surface area contributed by atoms with Gasteiger partial charge < -0.3 is 5.32 Å². The fraction of sp³-hybridized carbons (Fsp3) is 0.333. The topological polar surface area (TPSA) is 42.7 Å². The van der Waals surface area contributed by atoms with Crippen molar-refractivity contribution in [2.45, 2.75) is 26.4 Å². The Morgan fingerprint density at radius 2 is 2.28 bits per heavy atom. The van der Waals surface area contributed by atoms with Crippen LogP contribution in [-0.4, -0.2) is 20.8 Å². The lowest BCUT2D eigenvalue weighted by molar-refractivity contribution is 0.542. The summed E-state index contributed by atoms with van der Waals surface area (Å²) in [7, 11) is 0. The molecule has 0 atom stereocenters. The van der Waals surface area contributed by atoms with Crippen LogP contribution in [0.15, 0.2) is 24.7 Å². The molecular formula is C12H14ClFN4. The lowest BCUT2D eigenvalue weighted by Gasteiger charge is -2.10. The Morgan fingerprint density at radius 1 is 1.50 bits per heavy atom. The number of nitrogens with one attached hydrogen (secondary N) is 1. The number of halogens is 2. The van der Waals surface area contributed by atoms with Crippen LogP contribution in [0.1, 0.15) is 19.4 Å². The minimum atomic E-state index is -0.384. The van der Waals surface area contributed by atoms with Crippen LogP contribution < -0.4 is 5.32 Å². The highest BCUT2D eigenvalue weighted by Crippen LogP contribution is 2.16. The summed E-state index contributed by atoms with van der Waals surface area (Å²) >= 11 is 5.76. The molecule has 0 unspecified atom stereocenters. The van der Waals surface area contributed by atoms with Crippen molar-refractivity contribution in [2.75, 3.05) is 0 Å². The third kappa shape index (κ3) is 2.86. The van der Waals surface area contributed by atoms with Gasteiger partial charge in [-0.05, 0) is 6.07 Å². The maximum absolute atomic E-state index is 14.2. The molecule has 0 saturated carbocycles. The predicted octanol–water partition coefficient (Wildman–Crippen LogP) is 2.56. The molecule has 0 spiro atoms. The molecule has 0 fully saturated rings. The molecule has 2 heterocycles. The van der Waals surface area contributed by atoms with Crippen molar-refractivity contribution in [3.8, 4) is 5.82 Å². The Balaban J connectivity index is 2.30. The molecule has 0 saturated heterocycles. The smallest absolute Gasteiger partial charge is 0.190 e. The number of hydrogen-bond acceptors (Lipinski definition) is 3. The van der Waals surface area contributed by atoms with Crippen molar-refractivity contribution < 1.29 is 4.39 Å². The first-order chi connectivity index (χ1) is 8.58. The second-order valence-corrected chi connectivity index (χ2v) is 4.68. The highest BCUT2D eigenvalue weighted by Gasteiger charge is 2.12. The molecule has 96 valence electrons. The van der Waals surface area contributed by atoms with Gasteiger partial charge in [-0.2, -0.15) is 5.10 Å². The van der Waals surface area contributed by atoms with Crippen molar-refractivity contribution in [1.29, 1.82) is 0 Å². The number of aromatic nitrogens is 3. The number of hydrogen-bond donors (Lipinski definition) is 1. The van der Waals surface area contributed by atoms with Crippen molar-refractivity contribution in [3.05, 3.63) is 41.1 Å². The summed E-state index contributed by atoms with van der Waals surface area (Å²) in [5, 5.41) is 7.55. The summed E-state index contributed by atoms with van der Waals surface area (Å²) in [5.41, 5.74) is 0.556. The molecule has 0 radical (unpaired) electrons. The van der Waals surface area contributed by atoms with E-state index >= 15 is 0 Å². The molecule has 6 heteroatoms. The maximum atomic E-state index is 14.2. The molecule has 2 rings (SSSR count). The van der Waals surface area contributed by atoms with Gasteiger partial charge in [0.2, 0.25) is 0 Å². The van der Waals surface area contributed by atoms with E-state index < -0.39 is 0 Å². The minimum Gasteiger partial charge on any atom is -0.310 e. The average Bonchev–Trinajstić information content (AvgIpc) is 2.74. The summed E-state index contributed by atoms with van der Waals surface area (Å²) in [6.45, 7) is 4.47. The highest BCUT2D eigenvalue weighted by molar-refractivity contribution is 6.30. The fourth-order valence-electron chi connectivity index (χ4n) is 1.50. The summed E-state index contributed by atoms with van der Waals surface area (Å²) in [4.78, 5) is 3.99. The first-order valence-electron chi connectivity index (χ1n) is 5.65. The monoisotopic (exact) mass is 268 g/mol. The van der Waals surface area contributed by atoms with E-state index in [1.165, 1.54) is 17.1 Å². The zero-order chi connectivity index (χ0) is 13.1. The number of nitrogens with zero attached hydrogens (tertiary/aromatic N) is 3. The first kappa shape index (κ1) is 13.0. The average molecular weight is 269 g/mol. The van der Waals surface area contributed by atoms with Gasteiger partial charge in [-0.25, -0.2) is 14.1 Å². The van der Waals surface area contributed by atoms with Crippen LogP contribution in [0.5, 0.6) is 0 Å². The summed E-state index contributed by atoms with van der Waals surface area (Å²) in [6, 6.07) is 1.94. The molecule has 2 aromatic rings. The van der Waals surface area contributed by atoms with Crippen LogP contribution >= 0.6 is 11.6 Å². The van der Waals surface area contributed by atoms with Gasteiger partial charge in [-0.3, -0.25) is 0 Å². The van der Waals surface area contributed by atoms with E-state index in [1.54, 1.807) is 12.3 Å². The molecule has 0 amide bonds. The highest BCUT2D eigenvalue weighted by atomic mass is 35.5. The third-order valence-electron chi connectivity index (χ3n) is 2.42. The van der Waals surface area contributed by atoms with E-state index in [0.29, 0.717) is 23.2 Å².